The number of hydrogen-bond acceptors (Lipinski definition) is 24. The van der Waals surface area contributed by atoms with Gasteiger partial charge in [0.15, 0.2) is 58.4 Å². The second-order valence-corrected chi connectivity index (χ2v) is 59.1. The van der Waals surface area contributed by atoms with Crippen molar-refractivity contribution in [1.82, 2.24) is 26.6 Å². The Balaban J connectivity index is 1.08. The van der Waals surface area contributed by atoms with Crippen molar-refractivity contribution >= 4 is 63.7 Å². The van der Waals surface area contributed by atoms with Crippen molar-refractivity contribution in [3.05, 3.63) is 228 Å². The number of carbonyl (C=O) groups excluding carboxylic acids is 5. The molecule has 29 nitrogen and oxygen atoms in total. The number of alkyl carbamates (subject to hydrolysis) is 5. The molecule has 0 aromatic heterocycles. The van der Waals surface area contributed by atoms with Gasteiger partial charge in [0.05, 0.1) is 44.1 Å². The Labute approximate surface area is 771 Å². The fraction of sp³-hybridized carbons (Fsp3) is 0.557. The van der Waals surface area contributed by atoms with Gasteiger partial charge in [0.1, 0.15) is 106 Å². The van der Waals surface area contributed by atoms with Crippen LogP contribution in [0.1, 0.15) is 129 Å². The molecule has 4 saturated heterocycles. The molecule has 5 fully saturated rings. The molecule has 11 rings (SSSR count). The summed E-state index contributed by atoms with van der Waals surface area (Å²) in [5.41, 5.74) is 4.18. The number of hydrogen-bond donors (Lipinski definition) is 6. The summed E-state index contributed by atoms with van der Waals surface area (Å²) in [7, 11) is -11.9. The number of fused-ring (bicyclic) bond motifs is 1. The molecule has 6 aromatic rings. The zero-order valence-electron chi connectivity index (χ0n) is 79.1. The molecule has 6 N–H and O–H groups in total. The lowest BCUT2D eigenvalue weighted by Crippen LogP contribution is -2.72. The van der Waals surface area contributed by atoms with Crippen molar-refractivity contribution in [2.45, 2.75) is 318 Å². The van der Waals surface area contributed by atoms with E-state index in [0.29, 0.717) is 27.8 Å². The SMILES string of the molecule is C=CCO[C@H]1[C@H](O[C@@H]2[C@@H](O)[C@H](NC(=O)OCc3ccccc3)C[C@H](NC(=O)OCc3ccccc3)[C@H]2O[C@H]2O[C@@H]3COC(c4ccccc4)O[C@H]3[C@H](O[Si](C)(C)C(C)(C)C)[C@H]2NC(=O)OCc2ccccc2)O[C@H](CO[Si](C)(C)C(C)(C)C)[C@H]1O[C@H]1O[C@@H](CNC(=O)OCc2ccccc2)[C@H](O[Si](C)(C)C(C)(C)C)[C@H](O[Si](C)(C)C(C)(C)C)[C@H]1NC(=O)OCc1ccccc1. The average Bonchev–Trinajstić information content (AvgIpc) is 1.04. The van der Waals surface area contributed by atoms with Crippen LogP contribution in [0.3, 0.4) is 0 Å². The first-order valence-electron chi connectivity index (χ1n) is 45.0. The monoisotopic (exact) mass is 1870 g/mol. The number of ether oxygens (including phenoxy) is 14. The maximum atomic E-state index is 15.2. The summed E-state index contributed by atoms with van der Waals surface area (Å²) < 4.78 is 126. The van der Waals surface area contributed by atoms with Gasteiger partial charge in [-0.3, -0.25) is 0 Å². The van der Waals surface area contributed by atoms with Gasteiger partial charge in [-0.25, -0.2) is 24.0 Å². The van der Waals surface area contributed by atoms with Gasteiger partial charge in [-0.05, 0) is 107 Å². The van der Waals surface area contributed by atoms with Crippen LogP contribution in [0, 0.1) is 0 Å². The highest BCUT2D eigenvalue weighted by Crippen LogP contribution is 2.48. The second kappa shape index (κ2) is 44.7. The highest BCUT2D eigenvalue weighted by molar-refractivity contribution is 6.75. The fourth-order valence-electron chi connectivity index (χ4n) is 14.8. The van der Waals surface area contributed by atoms with Gasteiger partial charge in [0.2, 0.25) is 0 Å². The van der Waals surface area contributed by atoms with Crippen LogP contribution in [0.15, 0.2) is 195 Å². The molecule has 0 bridgehead atoms. The summed E-state index contributed by atoms with van der Waals surface area (Å²) in [6.45, 7) is 44.6. The van der Waals surface area contributed by atoms with Crippen LogP contribution in [0.25, 0.3) is 0 Å². The molecule has 0 radical (unpaired) electrons. The quantitative estimate of drug-likeness (QED) is 0.0122. The Bertz CT molecular complexity index is 4570. The van der Waals surface area contributed by atoms with Crippen LogP contribution >= 0.6 is 0 Å². The first kappa shape index (κ1) is 102. The third-order valence-electron chi connectivity index (χ3n) is 26.4. The van der Waals surface area contributed by atoms with Gasteiger partial charge in [-0.2, -0.15) is 0 Å². The van der Waals surface area contributed by atoms with E-state index in [9.17, 15) is 14.7 Å². The van der Waals surface area contributed by atoms with E-state index in [1.807, 2.05) is 158 Å². The molecule has 712 valence electrons. The topological polar surface area (TPSA) is 332 Å². The van der Waals surface area contributed by atoms with E-state index < -0.39 is 201 Å². The van der Waals surface area contributed by atoms with E-state index in [1.165, 1.54) is 6.08 Å². The van der Waals surface area contributed by atoms with Gasteiger partial charge in [-0.1, -0.05) is 271 Å². The molecule has 6 aromatic carbocycles. The molecule has 20 atom stereocenters. The predicted octanol–water partition coefficient (Wildman–Crippen LogP) is 17.1. The number of aliphatic hydroxyl groups is 1. The van der Waals surface area contributed by atoms with Crippen LogP contribution in [0.2, 0.25) is 72.5 Å². The van der Waals surface area contributed by atoms with Crippen LogP contribution in [-0.4, -0.2) is 211 Å². The van der Waals surface area contributed by atoms with E-state index in [2.05, 4.69) is 169 Å². The van der Waals surface area contributed by atoms with E-state index in [1.54, 1.807) is 24.3 Å². The molecule has 1 unspecified atom stereocenters. The predicted molar refractivity (Wildman–Crippen MR) is 499 cm³/mol. The largest absolute Gasteiger partial charge is 0.445 e. The van der Waals surface area contributed by atoms with Crippen molar-refractivity contribution in [2.24, 2.45) is 0 Å². The molecular weight excluding hydrogens is 1730 g/mol. The third kappa shape index (κ3) is 27.5. The smallest absolute Gasteiger partial charge is 0.407 e. The number of benzene rings is 6. The molecule has 4 heterocycles. The van der Waals surface area contributed by atoms with Crippen LogP contribution in [-0.2, 0) is 117 Å². The van der Waals surface area contributed by atoms with E-state index in [-0.39, 0.29) is 70.9 Å². The fourth-order valence-corrected chi connectivity index (χ4v) is 19.7. The summed E-state index contributed by atoms with van der Waals surface area (Å²) in [6.07, 6.45) is -24.9. The first-order valence-corrected chi connectivity index (χ1v) is 56.7. The van der Waals surface area contributed by atoms with Gasteiger partial charge < -0.3 is 116 Å². The Hall–Kier alpha value is -8.28. The molecule has 33 heteroatoms. The Morgan fingerprint density at radius 2 is 0.777 bits per heavy atom. The summed E-state index contributed by atoms with van der Waals surface area (Å²) in [5.74, 6) is 0. The zero-order valence-corrected chi connectivity index (χ0v) is 83.1. The van der Waals surface area contributed by atoms with Crippen molar-refractivity contribution in [3.63, 3.8) is 0 Å². The number of aliphatic hydroxyl groups excluding tert-OH is 1. The third-order valence-corrected chi connectivity index (χ3v) is 44.3. The standard InChI is InChI=1S/C97H139N5O24Si4/c1-22-53-109-84-79(122-86-75(102-93(108)115-60-67-49-37-27-38-50-67)82(126-130(20,21)97(11,12)13)80(124-128(16,17)95(5,6)7)71(117-86)55-98-89(104)111-56-63-41-29-23-30-42-63)73(62-116-127(14,15)94(2,3)4)119-88(84)123-83-76(103)69(99-90(105)112-57-64-43-31-24-32-44-64)54-70(100-91(106)113-58-65-45-33-25-34-46-65)77(83)120-87-74(101-92(107)114-59-66-47-35-26-36-48-66)81(125-129(18,19)96(8,9)10)78-72(118-87)61-110-85(121-78)68-51-39-28-40-52-68/h22-52,69-88,103H,1,53-62H2,2-21H3,(H,98,104)(H,99,105)(H,100,106)(H,101,107)(H,102,108)/t69-,70+,71+,72-,73-,74-,75-,76+,77-,78-,79-,80+,81-,82-,83-,84-,85?,86-,87-,88+/m1/s1. The molecule has 130 heavy (non-hydrogen) atoms. The van der Waals surface area contributed by atoms with Crippen molar-refractivity contribution in [1.29, 1.82) is 0 Å². The lowest BCUT2D eigenvalue weighted by Gasteiger charge is -2.53. The van der Waals surface area contributed by atoms with Crippen molar-refractivity contribution in [2.75, 3.05) is 26.4 Å². The molecule has 5 amide bonds. The van der Waals surface area contributed by atoms with Crippen LogP contribution < -0.4 is 26.6 Å². The minimum Gasteiger partial charge on any atom is -0.445 e. The van der Waals surface area contributed by atoms with Crippen LogP contribution in [0.5, 0.6) is 0 Å². The van der Waals surface area contributed by atoms with Crippen molar-refractivity contribution < 1.29 is 113 Å². The Kier molecular flexibility index (Phi) is 35.2. The molecule has 5 aliphatic rings. The molecule has 1 saturated carbocycles. The van der Waals surface area contributed by atoms with Gasteiger partial charge in [0.25, 0.3) is 0 Å². The number of carbonyl (C=O) groups is 5. The summed E-state index contributed by atoms with van der Waals surface area (Å²) in [6, 6.07) is 49.7. The van der Waals surface area contributed by atoms with Gasteiger partial charge in [-0.15, -0.1) is 6.58 Å². The summed E-state index contributed by atoms with van der Waals surface area (Å²) in [4.78, 5) is 74.3. The second-order valence-electron chi connectivity index (χ2n) is 40.1. The van der Waals surface area contributed by atoms with Crippen LogP contribution in [0.4, 0.5) is 24.0 Å². The van der Waals surface area contributed by atoms with E-state index >= 15 is 14.4 Å². The number of nitrogens with one attached hydrogen (secondary N) is 5. The average molecular weight is 1870 g/mol. The highest BCUT2D eigenvalue weighted by Gasteiger charge is 2.62. The molecular formula is C97H139N5O24Si4. The van der Waals surface area contributed by atoms with Gasteiger partial charge in [0, 0.05) is 12.1 Å². The minimum absolute atomic E-state index is 0.0499. The number of amides is 5. The minimum atomic E-state index is -3.06. The Morgan fingerprint density at radius 3 is 1.22 bits per heavy atom. The molecule has 1 aliphatic carbocycles. The van der Waals surface area contributed by atoms with Gasteiger partial charge >= 0.3 is 30.5 Å². The maximum Gasteiger partial charge on any atom is 0.407 e. The normalized spacial score (nSPS) is 27.0. The zero-order chi connectivity index (χ0) is 94.2. The van der Waals surface area contributed by atoms with E-state index in [0.717, 1.165) is 5.56 Å². The maximum absolute atomic E-state index is 15.2. The molecule has 0 spiro atoms. The highest BCUT2D eigenvalue weighted by atomic mass is 28.4. The summed E-state index contributed by atoms with van der Waals surface area (Å²) >= 11 is 0. The molecule has 4 aliphatic heterocycles. The first-order chi connectivity index (χ1) is 61.4. The summed E-state index contributed by atoms with van der Waals surface area (Å²) in [5, 5.41) is 27.4. The van der Waals surface area contributed by atoms with E-state index in [4.69, 9.17) is 84.0 Å². The Morgan fingerprint density at radius 1 is 0.408 bits per heavy atom. The lowest BCUT2D eigenvalue weighted by atomic mass is 9.83. The van der Waals surface area contributed by atoms with Crippen molar-refractivity contribution in [3.8, 4) is 0 Å². The number of rotatable bonds is 35. The lowest BCUT2D eigenvalue weighted by molar-refractivity contribution is -0.357.